The first-order chi connectivity index (χ1) is 14.2. The molecule has 0 saturated heterocycles. The fourth-order valence-corrected chi connectivity index (χ4v) is 3.42. The van der Waals surface area contributed by atoms with E-state index in [1.165, 1.54) is 6.07 Å². The summed E-state index contributed by atoms with van der Waals surface area (Å²) in [4.78, 5) is 8.47. The molecule has 0 saturated carbocycles. The molecule has 0 atom stereocenters. The van der Waals surface area contributed by atoms with Crippen molar-refractivity contribution in [2.24, 2.45) is 0 Å². The Morgan fingerprint density at radius 3 is 2.79 bits per heavy atom. The van der Waals surface area contributed by atoms with Crippen molar-refractivity contribution in [1.29, 1.82) is 0 Å². The number of rotatable bonds is 2. The molecule has 0 aliphatic carbocycles. The van der Waals surface area contributed by atoms with Gasteiger partial charge in [0.25, 0.3) is 5.89 Å². The number of hydrogen-bond donors (Lipinski definition) is 0. The topological polar surface area (TPSA) is 86.4 Å². The first kappa shape index (κ1) is 15.8. The third-order valence-electron chi connectivity index (χ3n) is 4.70. The van der Waals surface area contributed by atoms with E-state index in [1.807, 2.05) is 28.7 Å². The van der Waals surface area contributed by atoms with E-state index in [2.05, 4.69) is 25.3 Å². The van der Waals surface area contributed by atoms with E-state index < -0.39 is 11.6 Å². The number of para-hydroxylation sites is 1. The molecule has 6 rings (SSSR count). The van der Waals surface area contributed by atoms with Gasteiger partial charge in [0, 0.05) is 11.5 Å². The van der Waals surface area contributed by atoms with Gasteiger partial charge in [0.05, 0.1) is 17.3 Å². The molecule has 0 amide bonds. The van der Waals surface area contributed by atoms with Gasteiger partial charge in [-0.05, 0) is 24.3 Å². The Labute approximate surface area is 160 Å². The minimum atomic E-state index is -0.785. The first-order valence-electron chi connectivity index (χ1n) is 8.58. The van der Waals surface area contributed by atoms with E-state index in [0.29, 0.717) is 11.3 Å². The van der Waals surface area contributed by atoms with Crippen molar-refractivity contribution in [2.45, 2.75) is 0 Å². The van der Waals surface area contributed by atoms with Crippen molar-refractivity contribution in [3.63, 3.8) is 0 Å². The molecule has 0 bridgehead atoms. The van der Waals surface area contributed by atoms with Crippen LogP contribution in [0.1, 0.15) is 0 Å². The molecule has 0 N–H and O–H groups in total. The molecule has 29 heavy (non-hydrogen) atoms. The van der Waals surface area contributed by atoms with Crippen molar-refractivity contribution in [3.8, 4) is 23.1 Å². The SMILES string of the molecule is Fc1ccc(-c2noc(-c3nnc4c5ccccc5n5cncc5n34)n2)c(F)c1. The quantitative estimate of drug-likeness (QED) is 0.450. The third-order valence-corrected chi connectivity index (χ3v) is 4.70. The number of nitrogens with zero attached hydrogens (tertiary/aromatic N) is 7. The zero-order valence-electron chi connectivity index (χ0n) is 14.5. The van der Waals surface area contributed by atoms with Gasteiger partial charge in [0.1, 0.15) is 23.6 Å². The summed E-state index contributed by atoms with van der Waals surface area (Å²) in [6, 6.07) is 10.9. The standard InChI is InChI=1S/C19H9F2N7O/c20-10-5-6-11(13(21)7-10)16-23-19(29-26-16)18-25-24-17-12-3-1-2-4-14(12)27-9-22-8-15(27)28(17)18/h1-9H. The van der Waals surface area contributed by atoms with E-state index in [-0.39, 0.29) is 23.1 Å². The fraction of sp³-hybridized carbons (Fsp3) is 0. The lowest BCUT2D eigenvalue weighted by molar-refractivity contribution is 0.428. The second kappa shape index (κ2) is 5.64. The van der Waals surface area contributed by atoms with Crippen LogP contribution in [0, 0.1) is 11.6 Å². The van der Waals surface area contributed by atoms with Gasteiger partial charge in [-0.2, -0.15) is 4.98 Å². The molecule has 10 heteroatoms. The second-order valence-electron chi connectivity index (χ2n) is 6.37. The molecule has 0 radical (unpaired) electrons. The molecule has 0 aliphatic heterocycles. The molecule has 4 heterocycles. The van der Waals surface area contributed by atoms with Crippen LogP contribution in [-0.2, 0) is 0 Å². The second-order valence-corrected chi connectivity index (χ2v) is 6.37. The van der Waals surface area contributed by atoms with Gasteiger partial charge in [-0.3, -0.25) is 8.80 Å². The average Bonchev–Trinajstić information content (AvgIpc) is 3.46. The molecular weight excluding hydrogens is 380 g/mol. The lowest BCUT2D eigenvalue weighted by atomic mass is 10.2. The summed E-state index contributed by atoms with van der Waals surface area (Å²) in [6.45, 7) is 0. The van der Waals surface area contributed by atoms with Crippen LogP contribution in [0.25, 0.3) is 45.3 Å². The highest BCUT2D eigenvalue weighted by molar-refractivity contribution is 5.94. The molecule has 2 aromatic carbocycles. The van der Waals surface area contributed by atoms with Crippen molar-refractivity contribution in [2.75, 3.05) is 0 Å². The lowest BCUT2D eigenvalue weighted by Crippen LogP contribution is -1.98. The third kappa shape index (κ3) is 2.19. The minimum Gasteiger partial charge on any atom is -0.330 e. The van der Waals surface area contributed by atoms with Crippen molar-refractivity contribution in [1.82, 2.24) is 34.1 Å². The Hall–Kier alpha value is -4.21. The van der Waals surface area contributed by atoms with Gasteiger partial charge in [0.2, 0.25) is 11.6 Å². The number of benzene rings is 2. The molecule has 0 aliphatic rings. The Morgan fingerprint density at radius 1 is 1.00 bits per heavy atom. The summed E-state index contributed by atoms with van der Waals surface area (Å²) in [5.41, 5.74) is 2.24. The summed E-state index contributed by atoms with van der Waals surface area (Å²) in [7, 11) is 0. The molecule has 6 aromatic rings. The molecule has 8 nitrogen and oxygen atoms in total. The zero-order chi connectivity index (χ0) is 19.5. The molecule has 140 valence electrons. The van der Waals surface area contributed by atoms with Gasteiger partial charge < -0.3 is 4.52 Å². The van der Waals surface area contributed by atoms with Gasteiger partial charge in [-0.1, -0.05) is 17.3 Å². The van der Waals surface area contributed by atoms with Crippen LogP contribution in [0.2, 0.25) is 0 Å². The van der Waals surface area contributed by atoms with Crippen LogP contribution in [0.3, 0.4) is 0 Å². The number of halogens is 2. The van der Waals surface area contributed by atoms with Crippen molar-refractivity contribution < 1.29 is 13.3 Å². The van der Waals surface area contributed by atoms with Gasteiger partial charge in [0.15, 0.2) is 5.65 Å². The minimum absolute atomic E-state index is 0.0143. The molecule has 0 spiro atoms. The molecular formula is C19H9F2N7O. The number of fused-ring (bicyclic) bond motifs is 6. The van der Waals surface area contributed by atoms with Crippen LogP contribution >= 0.6 is 0 Å². The highest BCUT2D eigenvalue weighted by Gasteiger charge is 2.21. The number of hydrogen-bond acceptors (Lipinski definition) is 6. The summed E-state index contributed by atoms with van der Waals surface area (Å²) in [6.07, 6.45) is 3.36. The Bertz CT molecular complexity index is 1550. The largest absolute Gasteiger partial charge is 0.330 e. The summed E-state index contributed by atoms with van der Waals surface area (Å²) < 4.78 is 36.2. The average molecular weight is 389 g/mol. The molecule has 0 fully saturated rings. The Balaban J connectivity index is 1.61. The van der Waals surface area contributed by atoms with Gasteiger partial charge >= 0.3 is 0 Å². The summed E-state index contributed by atoms with van der Waals surface area (Å²) in [5, 5.41) is 13.2. The normalized spacial score (nSPS) is 11.8. The zero-order valence-corrected chi connectivity index (χ0v) is 14.5. The van der Waals surface area contributed by atoms with Crippen molar-refractivity contribution >= 4 is 22.2 Å². The molecule has 0 unspecified atom stereocenters. The van der Waals surface area contributed by atoms with Crippen LogP contribution in [0.15, 0.2) is 59.5 Å². The van der Waals surface area contributed by atoms with E-state index in [4.69, 9.17) is 4.52 Å². The number of aromatic nitrogens is 7. The van der Waals surface area contributed by atoms with Crippen molar-refractivity contribution in [3.05, 3.63) is 66.6 Å². The van der Waals surface area contributed by atoms with Crippen LogP contribution in [0.5, 0.6) is 0 Å². The van der Waals surface area contributed by atoms with E-state index >= 15 is 0 Å². The smallest absolute Gasteiger partial charge is 0.296 e. The maximum absolute atomic E-state index is 14.1. The van der Waals surface area contributed by atoms with Crippen LogP contribution < -0.4 is 0 Å². The fourth-order valence-electron chi connectivity index (χ4n) is 3.42. The maximum atomic E-state index is 14.1. The van der Waals surface area contributed by atoms with E-state index in [1.54, 1.807) is 16.9 Å². The molecule has 4 aromatic heterocycles. The predicted octanol–water partition coefficient (Wildman–Crippen LogP) is 3.53. The number of imidazole rings is 1. The highest BCUT2D eigenvalue weighted by atomic mass is 19.1. The maximum Gasteiger partial charge on any atom is 0.296 e. The summed E-state index contributed by atoms with van der Waals surface area (Å²) in [5.74, 6) is -1.15. The lowest BCUT2D eigenvalue weighted by Gasteiger charge is -2.05. The Kier molecular flexibility index (Phi) is 3.08. The van der Waals surface area contributed by atoms with Gasteiger partial charge in [-0.25, -0.2) is 13.8 Å². The van der Waals surface area contributed by atoms with E-state index in [0.717, 1.165) is 23.0 Å². The van der Waals surface area contributed by atoms with Gasteiger partial charge in [-0.15, -0.1) is 10.2 Å². The predicted molar refractivity (Wildman–Crippen MR) is 97.9 cm³/mol. The van der Waals surface area contributed by atoms with E-state index in [9.17, 15) is 8.78 Å². The monoisotopic (exact) mass is 389 g/mol. The Morgan fingerprint density at radius 2 is 1.90 bits per heavy atom. The first-order valence-corrected chi connectivity index (χ1v) is 8.58. The summed E-state index contributed by atoms with van der Waals surface area (Å²) >= 11 is 0. The van der Waals surface area contributed by atoms with Crippen LogP contribution in [-0.4, -0.2) is 34.1 Å². The highest BCUT2D eigenvalue weighted by Crippen LogP contribution is 2.28. The van der Waals surface area contributed by atoms with Crippen LogP contribution in [0.4, 0.5) is 8.78 Å².